The number of carbonyl (C=O) groups is 1. The van der Waals surface area contributed by atoms with Crippen molar-refractivity contribution >= 4 is 11.8 Å². The van der Waals surface area contributed by atoms with Crippen LogP contribution in [0.15, 0.2) is 53.6 Å². The van der Waals surface area contributed by atoms with Crippen molar-refractivity contribution in [3.8, 4) is 11.1 Å². The maximum Gasteiger partial charge on any atom is 0.278 e. The van der Waals surface area contributed by atoms with Crippen LogP contribution in [-0.2, 0) is 9.53 Å². The Morgan fingerprint density at radius 2 is 1.73 bits per heavy atom. The van der Waals surface area contributed by atoms with Crippen molar-refractivity contribution in [3.63, 3.8) is 0 Å². The van der Waals surface area contributed by atoms with Crippen LogP contribution in [-0.4, -0.2) is 18.4 Å². The van der Waals surface area contributed by atoms with Crippen LogP contribution in [0.4, 0.5) is 8.78 Å². The summed E-state index contributed by atoms with van der Waals surface area (Å²) in [6.45, 7) is -0.0885. The van der Waals surface area contributed by atoms with Crippen LogP contribution in [0.3, 0.4) is 0 Å². The van der Waals surface area contributed by atoms with Crippen LogP contribution in [0, 0.1) is 0 Å². The minimum Gasteiger partial charge on any atom is -0.466 e. The minimum atomic E-state index is -2.53. The van der Waals surface area contributed by atoms with Gasteiger partial charge < -0.3 is 4.74 Å². The Labute approximate surface area is 125 Å². The minimum absolute atomic E-state index is 0.00577. The number of alkyl halides is 2. The second kappa shape index (κ2) is 5.93. The zero-order valence-corrected chi connectivity index (χ0v) is 11.4. The molecule has 1 aliphatic heterocycles. The fraction of sp³-hybridized carbons (Fsp3) is 0.125. The van der Waals surface area contributed by atoms with Crippen LogP contribution in [0.25, 0.3) is 11.1 Å². The number of hydrazone groups is 1. The summed E-state index contributed by atoms with van der Waals surface area (Å²) in [5.41, 5.74) is 4.16. The first kappa shape index (κ1) is 14.2. The van der Waals surface area contributed by atoms with E-state index >= 15 is 0 Å². The van der Waals surface area contributed by atoms with Crippen molar-refractivity contribution in [2.75, 3.05) is 6.61 Å². The largest absolute Gasteiger partial charge is 0.466 e. The van der Waals surface area contributed by atoms with Crippen LogP contribution in [0.5, 0.6) is 0 Å². The predicted molar refractivity (Wildman–Crippen MR) is 77.5 cm³/mol. The predicted octanol–water partition coefficient (Wildman–Crippen LogP) is 3.10. The zero-order chi connectivity index (χ0) is 15.5. The molecule has 112 valence electrons. The van der Waals surface area contributed by atoms with Crippen LogP contribution < -0.4 is 5.43 Å². The van der Waals surface area contributed by atoms with Gasteiger partial charge in [0, 0.05) is 11.1 Å². The van der Waals surface area contributed by atoms with Crippen molar-refractivity contribution < 1.29 is 18.3 Å². The molecule has 3 rings (SSSR count). The third-order valence-electron chi connectivity index (χ3n) is 3.26. The second-order valence-corrected chi connectivity index (χ2v) is 4.71. The molecule has 1 N–H and O–H groups in total. The molecule has 1 amide bonds. The third-order valence-corrected chi connectivity index (χ3v) is 3.26. The first-order valence-corrected chi connectivity index (χ1v) is 6.62. The van der Waals surface area contributed by atoms with E-state index in [4.69, 9.17) is 4.74 Å². The Bertz CT molecular complexity index is 727. The third kappa shape index (κ3) is 2.81. The topological polar surface area (TPSA) is 50.7 Å². The maximum atomic E-state index is 13.0. The van der Waals surface area contributed by atoms with Crippen molar-refractivity contribution in [1.82, 2.24) is 5.43 Å². The number of nitrogens with zero attached hydrogens (tertiary/aromatic N) is 1. The van der Waals surface area contributed by atoms with Gasteiger partial charge in [-0.15, -0.1) is 5.10 Å². The molecule has 2 aromatic rings. The summed E-state index contributed by atoms with van der Waals surface area (Å²) in [6, 6.07) is 13.3. The molecule has 22 heavy (non-hydrogen) atoms. The fourth-order valence-corrected chi connectivity index (χ4v) is 2.20. The molecular formula is C16H12F2N2O2. The molecule has 1 heterocycles. The standard InChI is InChI=1S/C16H12F2N2O2/c17-15(18)13-4-2-1-3-12(13)10-5-7-11(8-6-10)16-20-19-14(21)9-22-16/h1-8,15H,9H2,(H,19,21). The average Bonchev–Trinajstić information content (AvgIpc) is 2.56. The van der Waals surface area contributed by atoms with Gasteiger partial charge in [-0.1, -0.05) is 36.4 Å². The summed E-state index contributed by atoms with van der Waals surface area (Å²) in [6.07, 6.45) is -2.53. The molecule has 0 bridgehead atoms. The van der Waals surface area contributed by atoms with Gasteiger partial charge in [-0.2, -0.15) is 0 Å². The molecule has 6 heteroatoms. The SMILES string of the molecule is O=C1COC(c2ccc(-c3ccccc3C(F)F)cc2)=NN1. The summed E-state index contributed by atoms with van der Waals surface area (Å²) in [4.78, 5) is 11.0. The summed E-state index contributed by atoms with van der Waals surface area (Å²) in [5, 5.41) is 3.80. The van der Waals surface area contributed by atoms with Crippen LogP contribution in [0.2, 0.25) is 0 Å². The van der Waals surface area contributed by atoms with E-state index in [0.29, 0.717) is 22.6 Å². The Hall–Kier alpha value is -2.76. The lowest BCUT2D eigenvalue weighted by molar-refractivity contribution is -0.124. The number of amides is 1. The van der Waals surface area contributed by atoms with Gasteiger partial charge in [0.25, 0.3) is 12.3 Å². The lowest BCUT2D eigenvalue weighted by Gasteiger charge is -2.14. The second-order valence-electron chi connectivity index (χ2n) is 4.71. The molecule has 4 nitrogen and oxygen atoms in total. The first-order valence-electron chi connectivity index (χ1n) is 6.62. The monoisotopic (exact) mass is 302 g/mol. The van der Waals surface area contributed by atoms with E-state index in [1.807, 2.05) is 0 Å². The molecule has 0 saturated carbocycles. The van der Waals surface area contributed by atoms with E-state index in [1.165, 1.54) is 6.07 Å². The lowest BCUT2D eigenvalue weighted by Crippen LogP contribution is -2.32. The number of halogens is 2. The van der Waals surface area contributed by atoms with Crippen molar-refractivity contribution in [3.05, 3.63) is 59.7 Å². The number of rotatable bonds is 3. The Kier molecular flexibility index (Phi) is 3.82. The first-order chi connectivity index (χ1) is 10.6. The van der Waals surface area contributed by atoms with E-state index in [-0.39, 0.29) is 18.1 Å². The van der Waals surface area contributed by atoms with E-state index in [9.17, 15) is 13.6 Å². The molecule has 0 fully saturated rings. The van der Waals surface area contributed by atoms with E-state index in [0.717, 1.165) is 0 Å². The van der Waals surface area contributed by atoms with E-state index < -0.39 is 6.43 Å². The molecule has 0 radical (unpaired) electrons. The lowest BCUT2D eigenvalue weighted by atomic mass is 9.99. The highest BCUT2D eigenvalue weighted by Gasteiger charge is 2.16. The zero-order valence-electron chi connectivity index (χ0n) is 11.4. The van der Waals surface area contributed by atoms with Crippen molar-refractivity contribution in [1.29, 1.82) is 0 Å². The summed E-state index contributed by atoms with van der Waals surface area (Å²) in [5.74, 6) is -0.0143. The number of ether oxygens (including phenoxy) is 1. The summed E-state index contributed by atoms with van der Waals surface area (Å²) in [7, 11) is 0. The Balaban J connectivity index is 1.91. The molecular weight excluding hydrogens is 290 g/mol. The molecule has 0 aromatic heterocycles. The number of hydrogen-bond donors (Lipinski definition) is 1. The van der Waals surface area contributed by atoms with Gasteiger partial charge in [-0.3, -0.25) is 4.79 Å². The summed E-state index contributed by atoms with van der Waals surface area (Å²) >= 11 is 0. The van der Waals surface area contributed by atoms with Gasteiger partial charge in [0.15, 0.2) is 6.61 Å². The van der Waals surface area contributed by atoms with E-state index in [2.05, 4.69) is 10.5 Å². The van der Waals surface area contributed by atoms with Crippen molar-refractivity contribution in [2.45, 2.75) is 6.43 Å². The number of hydrogen-bond acceptors (Lipinski definition) is 3. The average molecular weight is 302 g/mol. The van der Waals surface area contributed by atoms with Gasteiger partial charge in [-0.25, -0.2) is 14.2 Å². The number of nitrogens with one attached hydrogen (secondary N) is 1. The highest BCUT2D eigenvalue weighted by atomic mass is 19.3. The smallest absolute Gasteiger partial charge is 0.278 e. The Morgan fingerprint density at radius 1 is 1.05 bits per heavy atom. The normalized spacial score (nSPS) is 14.3. The Morgan fingerprint density at radius 3 is 2.36 bits per heavy atom. The maximum absolute atomic E-state index is 13.0. The molecule has 0 aliphatic carbocycles. The van der Waals surface area contributed by atoms with Gasteiger partial charge >= 0.3 is 0 Å². The summed E-state index contributed by atoms with van der Waals surface area (Å²) < 4.78 is 31.3. The van der Waals surface area contributed by atoms with Crippen LogP contribution in [0.1, 0.15) is 17.6 Å². The van der Waals surface area contributed by atoms with Crippen LogP contribution >= 0.6 is 0 Å². The van der Waals surface area contributed by atoms with E-state index in [1.54, 1.807) is 42.5 Å². The molecule has 0 saturated heterocycles. The van der Waals surface area contributed by atoms with Gasteiger partial charge in [-0.05, 0) is 23.3 Å². The molecule has 2 aromatic carbocycles. The number of carbonyl (C=O) groups excluding carboxylic acids is 1. The highest BCUT2D eigenvalue weighted by molar-refractivity contribution is 5.98. The van der Waals surface area contributed by atoms with Gasteiger partial charge in [0.05, 0.1) is 0 Å². The molecule has 0 unspecified atom stereocenters. The molecule has 1 aliphatic rings. The molecule has 0 spiro atoms. The highest BCUT2D eigenvalue weighted by Crippen LogP contribution is 2.31. The van der Waals surface area contributed by atoms with Gasteiger partial charge in [0.1, 0.15) is 0 Å². The fourth-order valence-electron chi connectivity index (χ4n) is 2.20. The quantitative estimate of drug-likeness (QED) is 0.947. The van der Waals surface area contributed by atoms with Crippen molar-refractivity contribution in [2.24, 2.45) is 5.10 Å². The molecule has 0 atom stereocenters. The number of benzene rings is 2. The van der Waals surface area contributed by atoms with Gasteiger partial charge in [0.2, 0.25) is 5.90 Å².